The number of thioether (sulfide) groups is 1. The Hall–Kier alpha value is -2.67. The monoisotopic (exact) mass is 368 g/mol. The van der Waals surface area contributed by atoms with E-state index in [0.29, 0.717) is 30.1 Å². The zero-order valence-corrected chi connectivity index (χ0v) is 14.8. The summed E-state index contributed by atoms with van der Waals surface area (Å²) >= 11 is 1.54. The maximum absolute atomic E-state index is 13.8. The second-order valence-electron chi connectivity index (χ2n) is 6.10. The fraction of sp³-hybridized carbons (Fsp3) is 0.211. The molecule has 0 saturated carbocycles. The molecular weight excluding hydrogens is 351 g/mol. The molecule has 1 aliphatic heterocycles. The van der Waals surface area contributed by atoms with E-state index in [-0.39, 0.29) is 17.1 Å². The van der Waals surface area contributed by atoms with Crippen LogP contribution in [0.3, 0.4) is 0 Å². The van der Waals surface area contributed by atoms with Crippen LogP contribution in [0.1, 0.15) is 22.2 Å². The van der Waals surface area contributed by atoms with Crippen LogP contribution in [0.4, 0.5) is 4.39 Å². The maximum Gasteiger partial charge on any atom is 0.234 e. The van der Waals surface area contributed by atoms with Gasteiger partial charge in [0.25, 0.3) is 0 Å². The normalized spacial score (nSPS) is 17.0. The average Bonchev–Trinajstić information content (AvgIpc) is 3.25. The molecule has 2 heterocycles. The van der Waals surface area contributed by atoms with Gasteiger partial charge in [0.2, 0.25) is 5.91 Å². The molecule has 0 N–H and O–H groups in total. The fourth-order valence-electron chi connectivity index (χ4n) is 2.96. The van der Waals surface area contributed by atoms with Crippen LogP contribution in [0.2, 0.25) is 0 Å². The van der Waals surface area contributed by atoms with Crippen molar-refractivity contribution in [3.63, 3.8) is 0 Å². The first-order valence-electron chi connectivity index (χ1n) is 8.29. The van der Waals surface area contributed by atoms with E-state index in [1.54, 1.807) is 40.8 Å². The summed E-state index contributed by atoms with van der Waals surface area (Å²) in [4.78, 5) is 14.1. The Kier molecular flexibility index (Phi) is 4.71. The molecule has 132 valence electrons. The molecular formula is C19H17FN4OS. The molecule has 2 aromatic carbocycles. The molecule has 1 aromatic heterocycles. The first kappa shape index (κ1) is 16.8. The summed E-state index contributed by atoms with van der Waals surface area (Å²) in [6, 6.07) is 16.5. The smallest absolute Gasteiger partial charge is 0.234 e. The van der Waals surface area contributed by atoms with Crippen LogP contribution < -0.4 is 0 Å². The van der Waals surface area contributed by atoms with Crippen molar-refractivity contribution in [3.8, 4) is 0 Å². The van der Waals surface area contributed by atoms with Gasteiger partial charge in [0, 0.05) is 12.1 Å². The third kappa shape index (κ3) is 3.48. The highest BCUT2D eigenvalue weighted by Crippen LogP contribution is 2.38. The first-order valence-corrected chi connectivity index (χ1v) is 9.34. The average molecular weight is 368 g/mol. The van der Waals surface area contributed by atoms with Crippen molar-refractivity contribution in [1.82, 2.24) is 19.9 Å². The number of rotatable bonds is 5. The van der Waals surface area contributed by atoms with E-state index in [1.165, 1.54) is 6.07 Å². The summed E-state index contributed by atoms with van der Waals surface area (Å²) in [5.41, 5.74) is 2.35. The summed E-state index contributed by atoms with van der Waals surface area (Å²) < 4.78 is 15.4. The number of hydrogen-bond donors (Lipinski definition) is 0. The Morgan fingerprint density at radius 1 is 1.08 bits per heavy atom. The van der Waals surface area contributed by atoms with Crippen molar-refractivity contribution in [2.45, 2.75) is 18.5 Å². The summed E-state index contributed by atoms with van der Waals surface area (Å²) in [7, 11) is 0. The highest BCUT2D eigenvalue weighted by molar-refractivity contribution is 8.00. The number of carbonyl (C=O) groups is 1. The minimum atomic E-state index is -0.263. The van der Waals surface area contributed by atoms with Crippen LogP contribution in [0, 0.1) is 5.82 Å². The van der Waals surface area contributed by atoms with Crippen LogP contribution in [0.15, 0.2) is 60.8 Å². The summed E-state index contributed by atoms with van der Waals surface area (Å²) in [5, 5.41) is 8.17. The molecule has 3 aromatic rings. The molecule has 5 nitrogen and oxygen atoms in total. The van der Waals surface area contributed by atoms with Gasteiger partial charge >= 0.3 is 0 Å². The standard InChI is InChI=1S/C19H17FN4OS/c20-16-9-5-4-8-15(16)11-23-12-17(21-22-23)19-24(18(25)13-26-19)10-14-6-2-1-3-7-14/h1-9,12,19H,10-11,13H2/t19-/m1/s1. The van der Waals surface area contributed by atoms with Crippen LogP contribution >= 0.6 is 11.8 Å². The molecule has 0 unspecified atom stereocenters. The summed E-state index contributed by atoms with van der Waals surface area (Å²) in [6.45, 7) is 0.848. The van der Waals surface area contributed by atoms with Gasteiger partial charge in [-0.2, -0.15) is 0 Å². The number of hydrogen-bond acceptors (Lipinski definition) is 4. The molecule has 0 spiro atoms. The number of benzene rings is 2. The lowest BCUT2D eigenvalue weighted by molar-refractivity contribution is -0.128. The number of carbonyl (C=O) groups excluding carboxylic acids is 1. The lowest BCUT2D eigenvalue weighted by Gasteiger charge is -2.22. The van der Waals surface area contributed by atoms with Crippen LogP contribution in [-0.4, -0.2) is 31.6 Å². The third-order valence-corrected chi connectivity index (χ3v) is 5.49. The van der Waals surface area contributed by atoms with Crippen molar-refractivity contribution >= 4 is 17.7 Å². The Morgan fingerprint density at radius 3 is 2.65 bits per heavy atom. The van der Waals surface area contributed by atoms with Crippen LogP contribution in [0.25, 0.3) is 0 Å². The van der Waals surface area contributed by atoms with Crippen molar-refractivity contribution < 1.29 is 9.18 Å². The SMILES string of the molecule is O=C1CS[C@H](c2cn(Cc3ccccc3F)nn2)N1Cc1ccccc1. The van der Waals surface area contributed by atoms with Gasteiger partial charge in [-0.3, -0.25) is 4.79 Å². The van der Waals surface area contributed by atoms with Crippen molar-refractivity contribution in [1.29, 1.82) is 0 Å². The van der Waals surface area contributed by atoms with Gasteiger partial charge in [-0.25, -0.2) is 9.07 Å². The van der Waals surface area contributed by atoms with Gasteiger partial charge in [-0.1, -0.05) is 53.7 Å². The zero-order valence-electron chi connectivity index (χ0n) is 14.0. The van der Waals surface area contributed by atoms with Gasteiger partial charge < -0.3 is 4.90 Å². The highest BCUT2D eigenvalue weighted by Gasteiger charge is 2.34. The highest BCUT2D eigenvalue weighted by atomic mass is 32.2. The van der Waals surface area contributed by atoms with E-state index in [9.17, 15) is 9.18 Å². The van der Waals surface area contributed by atoms with E-state index in [1.807, 2.05) is 35.2 Å². The topological polar surface area (TPSA) is 51.0 Å². The van der Waals surface area contributed by atoms with Crippen molar-refractivity contribution in [2.24, 2.45) is 0 Å². The second-order valence-corrected chi connectivity index (χ2v) is 7.17. The quantitative estimate of drug-likeness (QED) is 0.694. The predicted molar refractivity (Wildman–Crippen MR) is 97.7 cm³/mol. The number of nitrogens with zero attached hydrogens (tertiary/aromatic N) is 4. The molecule has 4 rings (SSSR count). The zero-order chi connectivity index (χ0) is 17.9. The molecule has 7 heteroatoms. The minimum Gasteiger partial charge on any atom is -0.320 e. The molecule has 1 amide bonds. The van der Waals surface area contributed by atoms with Gasteiger partial charge in [0.05, 0.1) is 18.5 Å². The lowest BCUT2D eigenvalue weighted by Crippen LogP contribution is -2.27. The van der Waals surface area contributed by atoms with Crippen molar-refractivity contribution in [2.75, 3.05) is 5.75 Å². The Labute approximate surface area is 154 Å². The largest absolute Gasteiger partial charge is 0.320 e. The molecule has 1 aliphatic rings. The Morgan fingerprint density at radius 2 is 1.85 bits per heavy atom. The summed E-state index contributed by atoms with van der Waals surface area (Å²) in [5.74, 6) is 0.255. The van der Waals surface area contributed by atoms with Gasteiger partial charge in [-0.15, -0.1) is 16.9 Å². The molecule has 1 fully saturated rings. The van der Waals surface area contributed by atoms with Gasteiger partial charge in [0.15, 0.2) is 0 Å². The van der Waals surface area contributed by atoms with Gasteiger partial charge in [0.1, 0.15) is 16.9 Å². The molecule has 0 radical (unpaired) electrons. The molecule has 1 atom stereocenters. The first-order chi connectivity index (χ1) is 12.7. The molecule has 0 aliphatic carbocycles. The maximum atomic E-state index is 13.8. The fourth-order valence-corrected chi connectivity index (χ4v) is 4.07. The van der Waals surface area contributed by atoms with E-state index in [4.69, 9.17) is 0 Å². The summed E-state index contributed by atoms with van der Waals surface area (Å²) in [6.07, 6.45) is 1.79. The van der Waals surface area contributed by atoms with Crippen LogP contribution in [-0.2, 0) is 17.9 Å². The Bertz CT molecular complexity index is 915. The van der Waals surface area contributed by atoms with E-state index in [0.717, 1.165) is 5.56 Å². The molecule has 1 saturated heterocycles. The third-order valence-electron chi connectivity index (χ3n) is 4.26. The lowest BCUT2D eigenvalue weighted by atomic mass is 10.2. The number of aromatic nitrogens is 3. The van der Waals surface area contributed by atoms with E-state index < -0.39 is 0 Å². The van der Waals surface area contributed by atoms with Gasteiger partial charge in [-0.05, 0) is 11.6 Å². The second kappa shape index (κ2) is 7.29. The van der Waals surface area contributed by atoms with E-state index in [2.05, 4.69) is 10.3 Å². The molecule has 0 bridgehead atoms. The number of amides is 1. The number of halogens is 1. The minimum absolute atomic E-state index is 0.0903. The predicted octanol–water partition coefficient (Wildman–Crippen LogP) is 3.24. The van der Waals surface area contributed by atoms with Crippen molar-refractivity contribution in [3.05, 3.63) is 83.4 Å². The van der Waals surface area contributed by atoms with E-state index >= 15 is 0 Å². The van der Waals surface area contributed by atoms with Crippen LogP contribution in [0.5, 0.6) is 0 Å². The Balaban J connectivity index is 1.52. The molecule has 26 heavy (non-hydrogen) atoms.